The summed E-state index contributed by atoms with van der Waals surface area (Å²) in [6.07, 6.45) is 5.58. The van der Waals surface area contributed by atoms with Crippen molar-refractivity contribution >= 4 is 35.3 Å². The highest BCUT2D eigenvalue weighted by molar-refractivity contribution is 8.21. The number of hydrogen-bond donors (Lipinski definition) is 2. The summed E-state index contributed by atoms with van der Waals surface area (Å²) in [6, 6.07) is 7.23. The largest absolute Gasteiger partial charge is 0.490 e. The number of carbonyl (C=O) groups excluding carboxylic acids is 2. The number of para-hydroxylation sites is 2. The molecule has 6 nitrogen and oxygen atoms in total. The lowest BCUT2D eigenvalue weighted by molar-refractivity contribution is -0.133. The molecule has 2 N–H and O–H groups in total. The molecule has 1 spiro atoms. The van der Waals surface area contributed by atoms with E-state index in [0.717, 1.165) is 12.8 Å². The van der Waals surface area contributed by atoms with E-state index in [1.807, 2.05) is 19.1 Å². The van der Waals surface area contributed by atoms with E-state index < -0.39 is 0 Å². The summed E-state index contributed by atoms with van der Waals surface area (Å²) in [5.74, 6) is 4.31. The van der Waals surface area contributed by atoms with Crippen LogP contribution in [-0.4, -0.2) is 40.6 Å². The molecule has 2 atom stereocenters. The fourth-order valence-electron chi connectivity index (χ4n) is 5.08. The second-order valence-electron chi connectivity index (χ2n) is 8.12. The molecule has 1 heterocycles. The third-order valence-electron chi connectivity index (χ3n) is 6.32. The van der Waals surface area contributed by atoms with E-state index in [0.29, 0.717) is 34.0 Å². The third-order valence-corrected chi connectivity index (χ3v) is 10.3. The summed E-state index contributed by atoms with van der Waals surface area (Å²) >= 11 is 4.27. The zero-order valence-electron chi connectivity index (χ0n) is 17.4. The molecule has 2 aliphatic carbocycles. The number of hydrazine groups is 1. The van der Waals surface area contributed by atoms with Crippen LogP contribution in [0.5, 0.6) is 11.5 Å². The van der Waals surface area contributed by atoms with Gasteiger partial charge in [0.25, 0.3) is 5.91 Å². The number of thioether (sulfide) groups is 2. The molecule has 164 valence electrons. The molecule has 3 fully saturated rings. The van der Waals surface area contributed by atoms with Crippen molar-refractivity contribution < 1.29 is 19.1 Å². The molecule has 2 saturated carbocycles. The van der Waals surface area contributed by atoms with Crippen molar-refractivity contribution in [1.29, 1.82) is 0 Å². The van der Waals surface area contributed by atoms with Gasteiger partial charge in [0.15, 0.2) is 18.1 Å². The molecule has 1 aromatic rings. The predicted octanol–water partition coefficient (Wildman–Crippen LogP) is 3.61. The first-order valence-electron chi connectivity index (χ1n) is 10.8. The molecule has 0 radical (unpaired) electrons. The van der Waals surface area contributed by atoms with Crippen LogP contribution in [0.1, 0.15) is 39.0 Å². The predicted molar refractivity (Wildman–Crippen MR) is 121 cm³/mol. The van der Waals surface area contributed by atoms with Gasteiger partial charge in [0, 0.05) is 17.4 Å². The summed E-state index contributed by atoms with van der Waals surface area (Å²) in [4.78, 5) is 24.9. The summed E-state index contributed by atoms with van der Waals surface area (Å²) in [6.45, 7) is 2.23. The van der Waals surface area contributed by atoms with Gasteiger partial charge in [-0.1, -0.05) is 18.6 Å². The van der Waals surface area contributed by atoms with Crippen LogP contribution in [0, 0.1) is 17.8 Å². The molecular weight excluding hydrogens is 420 g/mol. The van der Waals surface area contributed by atoms with Crippen LogP contribution in [0.3, 0.4) is 0 Å². The van der Waals surface area contributed by atoms with E-state index in [4.69, 9.17) is 9.47 Å². The zero-order valence-corrected chi connectivity index (χ0v) is 19.0. The van der Waals surface area contributed by atoms with Crippen LogP contribution in [-0.2, 0) is 9.59 Å². The minimum absolute atomic E-state index is 0.0207. The van der Waals surface area contributed by atoms with Gasteiger partial charge in [0.1, 0.15) is 0 Å². The second kappa shape index (κ2) is 9.73. The molecular formula is C22H30N2O4S2. The highest BCUT2D eigenvalue weighted by Crippen LogP contribution is 2.64. The number of benzene rings is 1. The first-order chi connectivity index (χ1) is 14.6. The molecule has 8 heteroatoms. The van der Waals surface area contributed by atoms with Gasteiger partial charge in [-0.2, -0.15) is 0 Å². The molecule has 2 amide bonds. The Morgan fingerprint density at radius 3 is 2.30 bits per heavy atom. The number of ether oxygens (including phenoxy) is 2. The highest BCUT2D eigenvalue weighted by atomic mass is 32.2. The first kappa shape index (κ1) is 21.7. The van der Waals surface area contributed by atoms with Gasteiger partial charge in [-0.25, -0.2) is 0 Å². The van der Waals surface area contributed by atoms with Crippen LogP contribution < -0.4 is 20.3 Å². The van der Waals surface area contributed by atoms with Gasteiger partial charge in [-0.05, 0) is 56.6 Å². The van der Waals surface area contributed by atoms with Crippen molar-refractivity contribution in [3.8, 4) is 11.5 Å². The molecule has 4 rings (SSSR count). The van der Waals surface area contributed by atoms with Crippen LogP contribution in [0.25, 0.3) is 0 Å². The number of rotatable bonds is 6. The molecule has 0 aromatic heterocycles. The number of hydrogen-bond acceptors (Lipinski definition) is 6. The van der Waals surface area contributed by atoms with E-state index in [2.05, 4.69) is 34.4 Å². The van der Waals surface area contributed by atoms with Gasteiger partial charge in [0.2, 0.25) is 5.91 Å². The van der Waals surface area contributed by atoms with Crippen LogP contribution in [0.15, 0.2) is 24.3 Å². The van der Waals surface area contributed by atoms with Crippen LogP contribution in [0.2, 0.25) is 0 Å². The molecule has 2 unspecified atom stereocenters. The quantitative estimate of drug-likeness (QED) is 0.645. The molecule has 1 aliphatic heterocycles. The van der Waals surface area contributed by atoms with Crippen LogP contribution in [0.4, 0.5) is 0 Å². The monoisotopic (exact) mass is 450 g/mol. The third kappa shape index (κ3) is 4.54. The maximum atomic E-state index is 12.8. The van der Waals surface area contributed by atoms with Crippen LogP contribution >= 0.6 is 23.5 Å². The summed E-state index contributed by atoms with van der Waals surface area (Å²) in [5.41, 5.74) is 5.15. The minimum Gasteiger partial charge on any atom is -0.490 e. The molecule has 2 bridgehead atoms. The first-order valence-corrected chi connectivity index (χ1v) is 12.8. The van der Waals surface area contributed by atoms with E-state index >= 15 is 0 Å². The van der Waals surface area contributed by atoms with Crippen molar-refractivity contribution in [2.24, 2.45) is 17.8 Å². The maximum Gasteiger partial charge on any atom is 0.276 e. The summed E-state index contributed by atoms with van der Waals surface area (Å²) < 4.78 is 11.4. The van der Waals surface area contributed by atoms with E-state index in [-0.39, 0.29) is 24.3 Å². The lowest BCUT2D eigenvalue weighted by atomic mass is 9.67. The van der Waals surface area contributed by atoms with Gasteiger partial charge < -0.3 is 9.47 Å². The molecule has 3 aliphatic rings. The molecule has 1 saturated heterocycles. The maximum absolute atomic E-state index is 12.8. The van der Waals surface area contributed by atoms with Crippen molar-refractivity contribution in [2.75, 3.05) is 24.7 Å². The second-order valence-corrected chi connectivity index (χ2v) is 11.1. The normalized spacial score (nSPS) is 26.8. The Morgan fingerprint density at radius 1 is 1.03 bits per heavy atom. The lowest BCUT2D eigenvalue weighted by Crippen LogP contribution is -2.52. The number of carbonyl (C=O) groups is 2. The van der Waals surface area contributed by atoms with Gasteiger partial charge >= 0.3 is 0 Å². The zero-order chi connectivity index (χ0) is 21.0. The molecule has 1 aromatic carbocycles. The fraction of sp³-hybridized carbons (Fsp3) is 0.636. The van der Waals surface area contributed by atoms with Crippen molar-refractivity contribution in [1.82, 2.24) is 10.9 Å². The van der Waals surface area contributed by atoms with E-state index in [1.165, 1.54) is 30.8 Å². The SMILES string of the molecule is CCOc1ccccc1OCC(=O)NNC(=O)C1CC2CCCC(C1)C21SCCS1. The fourth-order valence-corrected chi connectivity index (χ4v) is 9.02. The number of amides is 2. The van der Waals surface area contributed by atoms with Crippen molar-refractivity contribution in [3.05, 3.63) is 24.3 Å². The number of nitrogens with one attached hydrogen (secondary N) is 2. The molecule has 30 heavy (non-hydrogen) atoms. The van der Waals surface area contributed by atoms with E-state index in [1.54, 1.807) is 12.1 Å². The van der Waals surface area contributed by atoms with E-state index in [9.17, 15) is 9.59 Å². The Labute approximate surface area is 186 Å². The standard InChI is InChI=1S/C22H30N2O4S2/c1-2-27-18-8-3-4-9-19(18)28-14-20(25)23-24-21(26)15-12-16-6-5-7-17(13-15)22(16)29-10-11-30-22/h3-4,8-9,15-17H,2,5-7,10-14H2,1H3,(H,23,25)(H,24,26). The Kier molecular flexibility index (Phi) is 7.03. The van der Waals surface area contributed by atoms with Crippen molar-refractivity contribution in [2.45, 2.75) is 43.1 Å². The Morgan fingerprint density at radius 2 is 1.67 bits per heavy atom. The van der Waals surface area contributed by atoms with Crippen molar-refractivity contribution in [3.63, 3.8) is 0 Å². The topological polar surface area (TPSA) is 76.7 Å². The minimum atomic E-state index is -0.385. The Hall–Kier alpha value is -1.54. The summed E-state index contributed by atoms with van der Waals surface area (Å²) in [5, 5.41) is 0. The van der Waals surface area contributed by atoms with Gasteiger partial charge in [-0.3, -0.25) is 20.4 Å². The van der Waals surface area contributed by atoms with Gasteiger partial charge in [-0.15, -0.1) is 23.5 Å². The lowest BCUT2D eigenvalue weighted by Gasteiger charge is -2.51. The Balaban J connectivity index is 1.26. The average Bonchev–Trinajstić information content (AvgIpc) is 3.21. The Bertz CT molecular complexity index is 753. The van der Waals surface area contributed by atoms with Gasteiger partial charge in [0.05, 0.1) is 10.7 Å². The average molecular weight is 451 g/mol. The smallest absolute Gasteiger partial charge is 0.276 e. The summed E-state index contributed by atoms with van der Waals surface area (Å²) in [7, 11) is 0. The highest BCUT2D eigenvalue weighted by Gasteiger charge is 2.55.